The van der Waals surface area contributed by atoms with Gasteiger partial charge in [-0.1, -0.05) is 62.4 Å². The Bertz CT molecular complexity index is 1490. The van der Waals surface area contributed by atoms with Crippen LogP contribution >= 0.6 is 0 Å². The lowest BCUT2D eigenvalue weighted by atomic mass is 10.0. The average Bonchev–Trinajstić information content (AvgIpc) is 3.35. The number of halogens is 1. The van der Waals surface area contributed by atoms with Gasteiger partial charge in [0, 0.05) is 44.1 Å². The summed E-state index contributed by atoms with van der Waals surface area (Å²) in [6, 6.07) is 11.5. The van der Waals surface area contributed by atoms with Crippen molar-refractivity contribution in [1.82, 2.24) is 25.5 Å². The summed E-state index contributed by atoms with van der Waals surface area (Å²) in [5.74, 6) is -2.82. The number of hydrogen-bond acceptors (Lipinski definition) is 7. The highest BCUT2D eigenvalue weighted by Gasteiger charge is 2.61. The van der Waals surface area contributed by atoms with E-state index >= 15 is 0 Å². The number of carboxylic acid groups (broad SMARTS) is 1. The van der Waals surface area contributed by atoms with E-state index in [1.807, 2.05) is 44.2 Å². The quantitative estimate of drug-likeness (QED) is 0.166. The van der Waals surface area contributed by atoms with Crippen LogP contribution in [0.3, 0.4) is 0 Å². The van der Waals surface area contributed by atoms with E-state index in [9.17, 15) is 33.9 Å². The van der Waals surface area contributed by atoms with E-state index in [1.165, 1.54) is 17.0 Å². The van der Waals surface area contributed by atoms with Crippen LogP contribution in [0.1, 0.15) is 43.4 Å². The van der Waals surface area contributed by atoms with Crippen LogP contribution in [-0.2, 0) is 34.0 Å². The molecule has 4 N–H and O–H groups in total. The van der Waals surface area contributed by atoms with Crippen molar-refractivity contribution in [2.24, 2.45) is 11.8 Å². The number of aliphatic carboxylic acids is 1. The molecular weight excluding hydrogens is 597 g/mol. The number of amides is 4. The fourth-order valence-corrected chi connectivity index (χ4v) is 6.28. The second-order valence-corrected chi connectivity index (χ2v) is 12.6. The van der Waals surface area contributed by atoms with Gasteiger partial charge >= 0.3 is 18.1 Å². The number of nitrogens with zero attached hydrogens (tertiary/aromatic N) is 3. The topological polar surface area (TPSA) is 152 Å². The van der Waals surface area contributed by atoms with Gasteiger partial charge in [0.1, 0.15) is 17.5 Å². The van der Waals surface area contributed by atoms with Crippen molar-refractivity contribution in [2.45, 2.75) is 70.0 Å². The number of carboxylic acids is 1. The number of fused-ring (bicyclic) bond motifs is 1. The predicted octanol–water partition coefficient (Wildman–Crippen LogP) is 3.49. The highest BCUT2D eigenvalue weighted by atomic mass is 19.1. The van der Waals surface area contributed by atoms with Gasteiger partial charge in [-0.2, -0.15) is 0 Å². The van der Waals surface area contributed by atoms with Gasteiger partial charge in [-0.15, -0.1) is 6.58 Å². The van der Waals surface area contributed by atoms with Crippen LogP contribution in [-0.4, -0.2) is 86.0 Å². The van der Waals surface area contributed by atoms with Crippen LogP contribution in [0.2, 0.25) is 0 Å². The molecule has 3 aliphatic rings. The van der Waals surface area contributed by atoms with Crippen molar-refractivity contribution in [1.29, 1.82) is 0 Å². The lowest BCUT2D eigenvalue weighted by Gasteiger charge is -2.34. The molecule has 2 unspecified atom stereocenters. The fraction of sp³-hybridized carbons (Fsp3) is 0.455. The van der Waals surface area contributed by atoms with E-state index in [2.05, 4.69) is 17.2 Å². The summed E-state index contributed by atoms with van der Waals surface area (Å²) in [5, 5.41) is 26.9. The van der Waals surface area contributed by atoms with Crippen molar-refractivity contribution in [2.75, 3.05) is 13.1 Å². The molecule has 1 saturated carbocycles. The van der Waals surface area contributed by atoms with Crippen molar-refractivity contribution in [3.8, 4) is 0 Å². The SMILES string of the molecule is C=C[C@@H]1CC1(NC(=O)[C@@H]1C[C@@H](OC(=O)N2Cc3cccc(F)c3C2)CN1CC(C(C)C)N(O)C(=O)NCc1ccccc1)C(=O)O. The van der Waals surface area contributed by atoms with Crippen molar-refractivity contribution in [3.63, 3.8) is 0 Å². The maximum Gasteiger partial charge on any atom is 0.410 e. The molecule has 5 rings (SSSR count). The smallest absolute Gasteiger partial charge is 0.410 e. The Labute approximate surface area is 266 Å². The molecular formula is C33H40FN5O7. The fourth-order valence-electron chi connectivity index (χ4n) is 6.28. The third kappa shape index (κ3) is 6.85. The van der Waals surface area contributed by atoms with Crippen LogP contribution in [0.4, 0.5) is 14.0 Å². The summed E-state index contributed by atoms with van der Waals surface area (Å²) in [5.41, 5.74) is 0.497. The van der Waals surface area contributed by atoms with E-state index in [0.29, 0.717) is 16.2 Å². The Hall–Kier alpha value is -4.49. The van der Waals surface area contributed by atoms with Crippen LogP contribution in [0, 0.1) is 17.7 Å². The summed E-state index contributed by atoms with van der Waals surface area (Å²) in [4.78, 5) is 55.0. The molecule has 46 heavy (non-hydrogen) atoms. The van der Waals surface area contributed by atoms with Crippen LogP contribution in [0.5, 0.6) is 0 Å². The molecule has 0 bridgehead atoms. The number of hydrogen-bond donors (Lipinski definition) is 4. The number of nitrogens with one attached hydrogen (secondary N) is 2. The molecule has 2 aliphatic heterocycles. The number of hydroxylamine groups is 2. The van der Waals surface area contributed by atoms with Crippen molar-refractivity contribution in [3.05, 3.63) is 83.7 Å². The third-order valence-electron chi connectivity index (χ3n) is 9.15. The normalized spacial score (nSPS) is 24.2. The van der Waals surface area contributed by atoms with Gasteiger partial charge in [-0.25, -0.2) is 23.8 Å². The van der Waals surface area contributed by atoms with Gasteiger partial charge in [-0.3, -0.25) is 19.8 Å². The van der Waals surface area contributed by atoms with E-state index < -0.39 is 59.5 Å². The van der Waals surface area contributed by atoms with Gasteiger partial charge in [-0.05, 0) is 29.5 Å². The molecule has 1 saturated heterocycles. The Balaban J connectivity index is 1.29. The Kier molecular flexibility index (Phi) is 9.63. The minimum absolute atomic E-state index is 0.0321. The Morgan fingerprint density at radius 3 is 2.52 bits per heavy atom. The maximum atomic E-state index is 14.3. The predicted molar refractivity (Wildman–Crippen MR) is 164 cm³/mol. The molecule has 13 heteroatoms. The molecule has 1 aliphatic carbocycles. The Morgan fingerprint density at radius 2 is 1.89 bits per heavy atom. The molecule has 12 nitrogen and oxygen atoms in total. The van der Waals surface area contributed by atoms with Gasteiger partial charge in [0.25, 0.3) is 0 Å². The zero-order valence-corrected chi connectivity index (χ0v) is 25.9. The molecule has 0 spiro atoms. The van der Waals surface area contributed by atoms with E-state index in [0.717, 1.165) is 5.56 Å². The molecule has 5 atom stereocenters. The van der Waals surface area contributed by atoms with Gasteiger partial charge in [0.2, 0.25) is 5.91 Å². The molecule has 246 valence electrons. The molecule has 2 aromatic carbocycles. The molecule has 0 aromatic heterocycles. The summed E-state index contributed by atoms with van der Waals surface area (Å²) in [7, 11) is 0. The highest BCUT2D eigenvalue weighted by Crippen LogP contribution is 2.45. The number of urea groups is 1. The summed E-state index contributed by atoms with van der Waals surface area (Å²) in [6.07, 6.45) is 0.322. The second kappa shape index (κ2) is 13.5. The first-order valence-corrected chi connectivity index (χ1v) is 15.4. The number of ether oxygens (including phenoxy) is 1. The van der Waals surface area contributed by atoms with Crippen molar-refractivity contribution >= 4 is 24.0 Å². The highest BCUT2D eigenvalue weighted by molar-refractivity contribution is 5.93. The minimum atomic E-state index is -1.47. The Morgan fingerprint density at radius 1 is 1.15 bits per heavy atom. The summed E-state index contributed by atoms with van der Waals surface area (Å²) < 4.78 is 20.1. The summed E-state index contributed by atoms with van der Waals surface area (Å²) >= 11 is 0. The average molecular weight is 638 g/mol. The first-order chi connectivity index (χ1) is 21.9. The minimum Gasteiger partial charge on any atom is -0.479 e. The first kappa shape index (κ1) is 32.9. The third-order valence-corrected chi connectivity index (χ3v) is 9.15. The monoisotopic (exact) mass is 637 g/mol. The standard InChI is InChI=1S/C33H40FN5O7/c1-4-23-14-33(23,30(41)42)36-29(40)27-13-24(46-32(44)38-16-22-11-8-12-26(34)25(22)18-38)17-37(27)19-28(20(2)3)39(45)31(43)35-15-21-9-6-5-7-10-21/h4-12,20,23-24,27-28,45H,1,13-19H2,2-3H3,(H,35,43)(H,36,40)(H,41,42)/t23-,24-,27+,28?,33?/m1/s1. The lowest BCUT2D eigenvalue weighted by Crippen LogP contribution is -2.56. The van der Waals surface area contributed by atoms with Crippen LogP contribution in [0.25, 0.3) is 0 Å². The van der Waals surface area contributed by atoms with Gasteiger partial charge in [0.05, 0.1) is 18.6 Å². The molecule has 0 radical (unpaired) electrons. The number of rotatable bonds is 11. The number of benzene rings is 2. The zero-order valence-electron chi connectivity index (χ0n) is 25.9. The van der Waals surface area contributed by atoms with E-state index in [4.69, 9.17) is 4.74 Å². The lowest BCUT2D eigenvalue weighted by molar-refractivity contribution is -0.144. The first-order valence-electron chi connectivity index (χ1n) is 15.4. The van der Waals surface area contributed by atoms with Crippen LogP contribution in [0.15, 0.2) is 61.2 Å². The van der Waals surface area contributed by atoms with E-state index in [-0.39, 0.29) is 51.5 Å². The van der Waals surface area contributed by atoms with Gasteiger partial charge in [0.15, 0.2) is 0 Å². The number of likely N-dealkylation sites (tertiary alicyclic amines) is 1. The van der Waals surface area contributed by atoms with Crippen LogP contribution < -0.4 is 10.6 Å². The zero-order chi connectivity index (χ0) is 33.2. The maximum absolute atomic E-state index is 14.3. The molecule has 2 fully saturated rings. The molecule has 2 heterocycles. The number of carbonyl (C=O) groups excluding carboxylic acids is 3. The van der Waals surface area contributed by atoms with Crippen molar-refractivity contribution < 1.29 is 38.6 Å². The molecule has 4 amide bonds. The molecule has 2 aromatic rings. The van der Waals surface area contributed by atoms with E-state index in [1.54, 1.807) is 17.0 Å². The largest absolute Gasteiger partial charge is 0.479 e. The number of carbonyl (C=O) groups is 4. The van der Waals surface area contributed by atoms with Gasteiger partial charge < -0.3 is 20.5 Å². The summed E-state index contributed by atoms with van der Waals surface area (Å²) in [6.45, 7) is 7.87. The second-order valence-electron chi connectivity index (χ2n) is 12.6.